The lowest BCUT2D eigenvalue weighted by atomic mass is 10.1. The molecule has 1 aliphatic heterocycles. The maximum Gasteiger partial charge on any atom is 0.256 e. The fourth-order valence-corrected chi connectivity index (χ4v) is 4.73. The molecule has 0 atom stereocenters. The summed E-state index contributed by atoms with van der Waals surface area (Å²) in [4.78, 5) is 39.4. The van der Waals surface area contributed by atoms with E-state index >= 15 is 0 Å². The summed E-state index contributed by atoms with van der Waals surface area (Å²) in [5.41, 5.74) is 3.45. The summed E-state index contributed by atoms with van der Waals surface area (Å²) in [5, 5.41) is 13.4. The number of amides is 1. The van der Waals surface area contributed by atoms with E-state index in [0.717, 1.165) is 55.8 Å². The molecular formula is C28H28N6O3. The van der Waals surface area contributed by atoms with Crippen LogP contribution in [0.4, 0.5) is 11.6 Å². The zero-order chi connectivity index (χ0) is 25.5. The fraction of sp³-hybridized carbons (Fsp3) is 0.286. The molecule has 1 aliphatic carbocycles. The Morgan fingerprint density at radius 3 is 2.19 bits per heavy atom. The van der Waals surface area contributed by atoms with Crippen molar-refractivity contribution < 1.29 is 9.90 Å². The van der Waals surface area contributed by atoms with Gasteiger partial charge in [0.05, 0.1) is 11.4 Å². The number of fused-ring (bicyclic) bond motifs is 1. The first-order chi connectivity index (χ1) is 18.0. The molecule has 0 spiro atoms. The number of benzene rings is 2. The molecule has 2 aliphatic rings. The summed E-state index contributed by atoms with van der Waals surface area (Å²) in [6.45, 7) is 4.97. The van der Waals surface area contributed by atoms with Crippen molar-refractivity contribution in [2.45, 2.75) is 25.8 Å². The van der Waals surface area contributed by atoms with Gasteiger partial charge >= 0.3 is 0 Å². The number of nitrogens with one attached hydrogen (secondary N) is 1. The molecule has 1 saturated carbocycles. The van der Waals surface area contributed by atoms with Crippen LogP contribution in [-0.4, -0.2) is 57.8 Å². The number of hydrogen-bond donors (Lipinski definition) is 2. The molecule has 6 rings (SSSR count). The Labute approximate surface area is 214 Å². The van der Waals surface area contributed by atoms with Gasteiger partial charge in [-0.25, -0.2) is 4.98 Å². The minimum atomic E-state index is -0.191. The minimum absolute atomic E-state index is 0.0915. The molecule has 0 unspecified atom stereocenters. The highest BCUT2D eigenvalue weighted by Crippen LogP contribution is 2.24. The zero-order valence-corrected chi connectivity index (χ0v) is 20.6. The third-order valence-electron chi connectivity index (χ3n) is 7.01. The third-order valence-corrected chi connectivity index (χ3v) is 7.01. The Morgan fingerprint density at radius 2 is 1.51 bits per heavy atom. The number of hydrogen-bond acceptors (Lipinski definition) is 7. The first-order valence-electron chi connectivity index (χ1n) is 12.6. The predicted molar refractivity (Wildman–Crippen MR) is 143 cm³/mol. The van der Waals surface area contributed by atoms with Crippen molar-refractivity contribution in [3.05, 3.63) is 82.3 Å². The number of phenolic OH excluding ortho intramolecular Hbond substituents is 1. The standard InChI is InChI=1S/C28H28N6O3/c1-18-24-12-13-25(36)34(22-6-2-19(3-7-22)27(37)30-20-4-5-20)26(24)31-28(29-18)33-16-14-32(15-17-33)21-8-10-23(35)11-9-21/h2-3,6-13,20,35H,4-5,14-17H2,1H3,(H,30,37). The molecule has 188 valence electrons. The number of piperazine rings is 1. The fourth-order valence-electron chi connectivity index (χ4n) is 4.73. The molecule has 9 nitrogen and oxygen atoms in total. The molecule has 2 aromatic carbocycles. The molecule has 4 aromatic rings. The van der Waals surface area contributed by atoms with Gasteiger partial charge in [-0.05, 0) is 74.4 Å². The number of aromatic hydroxyl groups is 1. The second-order valence-corrected chi connectivity index (χ2v) is 9.64. The number of carbonyl (C=O) groups excluding carboxylic acids is 1. The third kappa shape index (κ3) is 4.60. The van der Waals surface area contributed by atoms with Gasteiger partial charge in [-0.2, -0.15) is 4.98 Å². The molecule has 1 amide bonds. The number of rotatable bonds is 5. The van der Waals surface area contributed by atoms with Crippen molar-refractivity contribution in [2.24, 2.45) is 0 Å². The predicted octanol–water partition coefficient (Wildman–Crippen LogP) is 3.01. The van der Waals surface area contributed by atoms with Crippen LogP contribution in [0.3, 0.4) is 0 Å². The molecule has 0 radical (unpaired) electrons. The SMILES string of the molecule is Cc1nc(N2CCN(c3ccc(O)cc3)CC2)nc2c1ccc(=O)n2-c1ccc(C(=O)NC2CC2)cc1. The van der Waals surface area contributed by atoms with Gasteiger partial charge in [-0.15, -0.1) is 0 Å². The molecule has 2 fully saturated rings. The first kappa shape index (κ1) is 23.0. The number of pyridine rings is 1. The molecule has 2 aromatic heterocycles. The second kappa shape index (κ2) is 9.24. The van der Waals surface area contributed by atoms with Crippen LogP contribution in [0.15, 0.2) is 65.5 Å². The van der Waals surface area contributed by atoms with Crippen LogP contribution < -0.4 is 20.7 Å². The van der Waals surface area contributed by atoms with Crippen LogP contribution in [0.1, 0.15) is 28.9 Å². The van der Waals surface area contributed by atoms with Crippen molar-refractivity contribution in [2.75, 3.05) is 36.0 Å². The number of aryl methyl sites for hydroxylation is 1. The molecule has 3 heterocycles. The molecule has 9 heteroatoms. The number of carbonyl (C=O) groups is 1. The average molecular weight is 497 g/mol. The molecule has 2 N–H and O–H groups in total. The smallest absolute Gasteiger partial charge is 0.256 e. The van der Waals surface area contributed by atoms with E-state index in [-0.39, 0.29) is 23.3 Å². The van der Waals surface area contributed by atoms with Crippen molar-refractivity contribution in [3.63, 3.8) is 0 Å². The van der Waals surface area contributed by atoms with Gasteiger partial charge in [-0.3, -0.25) is 14.2 Å². The van der Waals surface area contributed by atoms with Crippen LogP contribution >= 0.6 is 0 Å². The lowest BCUT2D eigenvalue weighted by Gasteiger charge is -2.36. The Morgan fingerprint density at radius 1 is 0.865 bits per heavy atom. The van der Waals surface area contributed by atoms with Crippen molar-refractivity contribution in [1.82, 2.24) is 19.9 Å². The normalized spacial score (nSPS) is 15.7. The van der Waals surface area contributed by atoms with E-state index in [0.29, 0.717) is 22.8 Å². The minimum Gasteiger partial charge on any atom is -0.508 e. The van der Waals surface area contributed by atoms with Gasteiger partial charge in [0, 0.05) is 54.9 Å². The Hall–Kier alpha value is -4.40. The number of phenols is 1. The number of anilines is 2. The second-order valence-electron chi connectivity index (χ2n) is 9.64. The molecule has 37 heavy (non-hydrogen) atoms. The lowest BCUT2D eigenvalue weighted by Crippen LogP contribution is -2.47. The summed E-state index contributed by atoms with van der Waals surface area (Å²) >= 11 is 0. The van der Waals surface area contributed by atoms with E-state index in [1.807, 2.05) is 19.1 Å². The van der Waals surface area contributed by atoms with Gasteiger partial charge in [0.25, 0.3) is 11.5 Å². The van der Waals surface area contributed by atoms with Gasteiger partial charge < -0.3 is 20.2 Å². The molecule has 1 saturated heterocycles. The number of nitrogens with zero attached hydrogens (tertiary/aromatic N) is 5. The van der Waals surface area contributed by atoms with Gasteiger partial charge in [0.15, 0.2) is 5.65 Å². The maximum atomic E-state index is 13.0. The first-order valence-corrected chi connectivity index (χ1v) is 12.6. The summed E-state index contributed by atoms with van der Waals surface area (Å²) in [7, 11) is 0. The van der Waals surface area contributed by atoms with E-state index < -0.39 is 0 Å². The Balaban J connectivity index is 1.29. The quantitative estimate of drug-likeness (QED) is 0.438. The highest BCUT2D eigenvalue weighted by atomic mass is 16.3. The summed E-state index contributed by atoms with van der Waals surface area (Å²) in [6.07, 6.45) is 2.06. The summed E-state index contributed by atoms with van der Waals surface area (Å²) in [5.74, 6) is 0.756. The van der Waals surface area contributed by atoms with E-state index in [2.05, 4.69) is 15.1 Å². The van der Waals surface area contributed by atoms with Gasteiger partial charge in [-0.1, -0.05) is 0 Å². The topological polar surface area (TPSA) is 104 Å². The largest absolute Gasteiger partial charge is 0.508 e. The Kier molecular flexibility index (Phi) is 5.75. The molecular weight excluding hydrogens is 468 g/mol. The summed E-state index contributed by atoms with van der Waals surface area (Å²) in [6, 6.07) is 17.9. The maximum absolute atomic E-state index is 13.0. The lowest BCUT2D eigenvalue weighted by molar-refractivity contribution is 0.0951. The van der Waals surface area contributed by atoms with E-state index in [4.69, 9.17) is 9.97 Å². The van der Waals surface area contributed by atoms with E-state index in [9.17, 15) is 14.7 Å². The highest BCUT2D eigenvalue weighted by molar-refractivity contribution is 5.94. The van der Waals surface area contributed by atoms with Gasteiger partial charge in [0.2, 0.25) is 5.95 Å². The van der Waals surface area contributed by atoms with E-state index in [1.165, 1.54) is 6.07 Å². The van der Waals surface area contributed by atoms with Crippen LogP contribution in [0.5, 0.6) is 5.75 Å². The average Bonchev–Trinajstić information content (AvgIpc) is 3.73. The van der Waals surface area contributed by atoms with Crippen molar-refractivity contribution in [1.29, 1.82) is 0 Å². The zero-order valence-electron chi connectivity index (χ0n) is 20.6. The van der Waals surface area contributed by atoms with Crippen LogP contribution in [0.25, 0.3) is 16.7 Å². The monoisotopic (exact) mass is 496 g/mol. The van der Waals surface area contributed by atoms with Crippen molar-refractivity contribution in [3.8, 4) is 11.4 Å². The van der Waals surface area contributed by atoms with Crippen LogP contribution in [0.2, 0.25) is 0 Å². The Bertz CT molecular complexity index is 1520. The van der Waals surface area contributed by atoms with E-state index in [1.54, 1.807) is 47.0 Å². The molecule has 0 bridgehead atoms. The van der Waals surface area contributed by atoms with Gasteiger partial charge in [0.1, 0.15) is 5.75 Å². The number of aromatic nitrogens is 3. The van der Waals surface area contributed by atoms with Crippen LogP contribution in [0, 0.1) is 6.92 Å². The summed E-state index contributed by atoms with van der Waals surface area (Å²) < 4.78 is 1.59. The van der Waals surface area contributed by atoms with Crippen molar-refractivity contribution >= 4 is 28.6 Å². The highest BCUT2D eigenvalue weighted by Gasteiger charge is 2.24. The van der Waals surface area contributed by atoms with Crippen LogP contribution in [-0.2, 0) is 0 Å².